The van der Waals surface area contributed by atoms with E-state index in [-0.39, 0.29) is 36.8 Å². The number of nitrogens with one attached hydrogen (secondary N) is 3. The highest BCUT2D eigenvalue weighted by atomic mass is 32.2. The molecule has 9 atom stereocenters. The molecule has 16 heteroatoms. The van der Waals surface area contributed by atoms with Crippen LogP contribution in [0.25, 0.3) is 6.08 Å². The summed E-state index contributed by atoms with van der Waals surface area (Å²) in [6.07, 6.45) is 7.55. The quantitative estimate of drug-likeness (QED) is 0.358. The van der Waals surface area contributed by atoms with Gasteiger partial charge in [0.25, 0.3) is 5.91 Å². The van der Waals surface area contributed by atoms with Crippen LogP contribution in [0.2, 0.25) is 0 Å². The normalized spacial score (nSPS) is 33.6. The van der Waals surface area contributed by atoms with E-state index in [1.165, 1.54) is 4.90 Å². The Labute approximate surface area is 336 Å². The summed E-state index contributed by atoms with van der Waals surface area (Å²) in [5, 5.41) is 5.76. The summed E-state index contributed by atoms with van der Waals surface area (Å²) in [5.74, 6) is -1.28. The molecule has 4 fully saturated rings. The van der Waals surface area contributed by atoms with Gasteiger partial charge in [0.2, 0.25) is 27.7 Å². The minimum absolute atomic E-state index is 0.0146. The fourth-order valence-corrected chi connectivity index (χ4v) is 10.2. The Morgan fingerprint density at radius 1 is 1.07 bits per heavy atom. The number of ether oxygens (including phenoxy) is 3. The number of amides is 4. The summed E-state index contributed by atoms with van der Waals surface area (Å²) in [5.41, 5.74) is -0.0281. The van der Waals surface area contributed by atoms with Crippen LogP contribution in [0.5, 0.6) is 5.88 Å². The average Bonchev–Trinajstić information content (AvgIpc) is 4.10. The lowest BCUT2D eigenvalue weighted by Crippen LogP contribution is -2.61. The second kappa shape index (κ2) is 15.0. The van der Waals surface area contributed by atoms with Crippen LogP contribution in [0.3, 0.4) is 0 Å². The van der Waals surface area contributed by atoms with Gasteiger partial charge in [0.1, 0.15) is 41.3 Å². The van der Waals surface area contributed by atoms with E-state index in [2.05, 4.69) is 22.3 Å². The van der Waals surface area contributed by atoms with E-state index in [1.54, 1.807) is 21.0 Å². The average molecular weight is 813 g/mol. The summed E-state index contributed by atoms with van der Waals surface area (Å²) >= 11 is 0. The Morgan fingerprint density at radius 3 is 2.42 bits per heavy atom. The van der Waals surface area contributed by atoms with Gasteiger partial charge in [-0.3, -0.25) is 19.1 Å². The molecule has 4 amide bonds. The van der Waals surface area contributed by atoms with Crippen molar-refractivity contribution in [2.24, 2.45) is 29.1 Å². The molecule has 4 aliphatic carbocycles. The number of allylic oxidation sites excluding steroid dienone is 1. The number of aryl methyl sites for hydroxylation is 1. The molecule has 2 bridgehead atoms. The third-order valence-electron chi connectivity index (χ3n) is 13.3. The van der Waals surface area contributed by atoms with Gasteiger partial charge in [0.05, 0.1) is 29.8 Å². The highest BCUT2D eigenvalue weighted by Crippen LogP contribution is 2.47. The summed E-state index contributed by atoms with van der Waals surface area (Å²) in [7, 11) is -2.33. The number of fused-ring (bicyclic) bond motifs is 5. The van der Waals surface area contributed by atoms with Crippen molar-refractivity contribution >= 4 is 39.9 Å². The maximum atomic E-state index is 14.9. The number of methoxy groups -OCH3 is 1. The molecule has 1 unspecified atom stereocenters. The molecule has 3 heterocycles. The number of carbonyl (C=O) groups excluding carboxylic acids is 4. The number of sulfonamides is 1. The van der Waals surface area contributed by atoms with Crippen molar-refractivity contribution in [1.82, 2.24) is 30.2 Å². The lowest BCUT2D eigenvalue weighted by atomic mass is 9.85. The molecular weight excluding hydrogens is 753 g/mol. The first kappa shape index (κ1) is 41.2. The fraction of sp³-hybridized carbons (Fsp3) is 0.756. The predicted molar refractivity (Wildman–Crippen MR) is 210 cm³/mol. The molecular formula is C41H60N6O9S. The van der Waals surface area contributed by atoms with Gasteiger partial charge in [-0.15, -0.1) is 0 Å². The molecule has 0 aromatic carbocycles. The van der Waals surface area contributed by atoms with Crippen LogP contribution < -0.4 is 20.1 Å². The standard InChI is InChI=1S/C41H60N6O9S/c1-9-25-31-21-47(32(25)34(48)45-41(20-23(41)3)37(50)46-57(52,53)40(7)15-16-40)36(49)33(39(4,5)6)44-38(51)56-30-18-24(30)13-11-10-12-14-26-35(55-31)43-28-19-29(54-8)22(2)17-27(28)42-26/h19,22-25,30-33H,9-18,20-21H2,1-8H3,(H,44,51)(H,45,48)(H,46,50)/t22?,23-,24-,25-,30-,31+,32+,33-,41-/m1/s1. The third kappa shape index (κ3) is 8.08. The zero-order valence-electron chi connectivity index (χ0n) is 34.6. The van der Waals surface area contributed by atoms with Crippen molar-refractivity contribution in [2.45, 2.75) is 154 Å². The maximum absolute atomic E-state index is 14.9. The second-order valence-corrected chi connectivity index (χ2v) is 21.0. The first-order chi connectivity index (χ1) is 26.8. The number of rotatable bonds is 7. The number of alkyl carbamates (subject to hydrolysis) is 1. The zero-order valence-corrected chi connectivity index (χ0v) is 35.4. The van der Waals surface area contributed by atoms with Crippen LogP contribution in [0.1, 0.15) is 123 Å². The van der Waals surface area contributed by atoms with Crippen LogP contribution in [0, 0.1) is 29.1 Å². The highest BCUT2D eigenvalue weighted by Gasteiger charge is 2.63. The Bertz CT molecular complexity index is 1940. The second-order valence-electron chi connectivity index (χ2n) is 18.8. The van der Waals surface area contributed by atoms with Crippen molar-refractivity contribution in [3.8, 4) is 5.88 Å². The topological polar surface area (TPSA) is 195 Å². The first-order valence-electron chi connectivity index (χ1n) is 20.8. The van der Waals surface area contributed by atoms with Gasteiger partial charge in [0.15, 0.2) is 0 Å². The lowest BCUT2D eigenvalue weighted by molar-refractivity contribution is -0.143. The van der Waals surface area contributed by atoms with Gasteiger partial charge < -0.3 is 29.7 Å². The van der Waals surface area contributed by atoms with Gasteiger partial charge in [0, 0.05) is 24.3 Å². The largest absolute Gasteiger partial charge is 0.501 e. The van der Waals surface area contributed by atoms with E-state index >= 15 is 0 Å². The van der Waals surface area contributed by atoms with E-state index in [4.69, 9.17) is 24.2 Å². The van der Waals surface area contributed by atoms with Crippen molar-refractivity contribution < 1.29 is 41.8 Å². The molecule has 6 aliphatic rings. The minimum Gasteiger partial charge on any atom is -0.501 e. The van der Waals surface area contributed by atoms with Crippen molar-refractivity contribution in [1.29, 1.82) is 0 Å². The summed E-state index contributed by atoms with van der Waals surface area (Å²) in [6, 6.07) is -2.21. The number of nitrogens with zero attached hydrogens (tertiary/aromatic N) is 3. The number of hydrogen-bond acceptors (Lipinski definition) is 11. The monoisotopic (exact) mass is 812 g/mol. The molecule has 15 nitrogen and oxygen atoms in total. The van der Waals surface area contributed by atoms with Gasteiger partial charge in [-0.05, 0) is 75.5 Å². The third-order valence-corrected chi connectivity index (χ3v) is 15.4. The number of aromatic nitrogens is 2. The number of hydrogen-bond donors (Lipinski definition) is 3. The molecule has 2 aliphatic heterocycles. The van der Waals surface area contributed by atoms with Gasteiger partial charge >= 0.3 is 6.09 Å². The molecule has 57 heavy (non-hydrogen) atoms. The Balaban J connectivity index is 1.25. The number of carbonyl (C=O) groups is 4. The molecule has 3 saturated carbocycles. The van der Waals surface area contributed by atoms with E-state index in [0.29, 0.717) is 43.7 Å². The van der Waals surface area contributed by atoms with E-state index < -0.39 is 73.6 Å². The molecule has 1 aromatic rings. The van der Waals surface area contributed by atoms with E-state index in [9.17, 15) is 27.6 Å². The Hall–Kier alpha value is -3.95. The first-order valence-corrected chi connectivity index (χ1v) is 22.3. The lowest BCUT2D eigenvalue weighted by Gasteiger charge is -2.36. The molecule has 7 rings (SSSR count). The van der Waals surface area contributed by atoms with Crippen molar-refractivity contribution in [2.75, 3.05) is 13.7 Å². The molecule has 0 radical (unpaired) electrons. The smallest absolute Gasteiger partial charge is 0.408 e. The molecule has 314 valence electrons. The zero-order chi connectivity index (χ0) is 41.2. The van der Waals surface area contributed by atoms with Crippen LogP contribution in [0.15, 0.2) is 5.76 Å². The highest BCUT2D eigenvalue weighted by molar-refractivity contribution is 7.91. The van der Waals surface area contributed by atoms with Crippen LogP contribution in [-0.4, -0.2) is 95.3 Å². The minimum atomic E-state index is -3.97. The predicted octanol–water partition coefficient (Wildman–Crippen LogP) is 4.18. The van der Waals surface area contributed by atoms with Crippen molar-refractivity contribution in [3.05, 3.63) is 22.8 Å². The molecule has 0 spiro atoms. The summed E-state index contributed by atoms with van der Waals surface area (Å²) in [6.45, 7) is 12.9. The SMILES string of the molecule is CC[C@@H]1[C@@H]2CN(C(=O)[C@H](C(C)(C)C)NC(=O)O[C@@H]3C[C@H]3CCCCCc3nc4c(nc3O2)C=C(OC)C(C)C4)[C@@H]1C(=O)N[C@]1(C(=O)NS(=O)(=O)C2(C)CC2)C[C@H]1C. The Morgan fingerprint density at radius 2 is 1.79 bits per heavy atom. The summed E-state index contributed by atoms with van der Waals surface area (Å²) < 4.78 is 45.7. The van der Waals surface area contributed by atoms with Gasteiger partial charge in [-0.1, -0.05) is 54.4 Å². The van der Waals surface area contributed by atoms with Gasteiger partial charge in [-0.25, -0.2) is 23.2 Å². The Kier molecular flexibility index (Phi) is 10.9. The fourth-order valence-electron chi connectivity index (χ4n) is 8.85. The van der Waals surface area contributed by atoms with Crippen LogP contribution in [0.4, 0.5) is 4.79 Å². The maximum Gasteiger partial charge on any atom is 0.408 e. The van der Waals surface area contributed by atoms with Gasteiger partial charge in [-0.2, -0.15) is 0 Å². The van der Waals surface area contributed by atoms with E-state index in [0.717, 1.165) is 49.3 Å². The molecule has 1 aromatic heterocycles. The molecule has 3 N–H and O–H groups in total. The van der Waals surface area contributed by atoms with Crippen molar-refractivity contribution in [3.63, 3.8) is 0 Å². The van der Waals surface area contributed by atoms with Crippen LogP contribution >= 0.6 is 0 Å². The van der Waals surface area contributed by atoms with Crippen LogP contribution in [-0.2, 0) is 46.7 Å². The molecule has 1 saturated heterocycles. The van der Waals surface area contributed by atoms with E-state index in [1.807, 2.05) is 33.8 Å². The summed E-state index contributed by atoms with van der Waals surface area (Å²) in [4.78, 5) is 68.3.